The second-order valence-electron chi connectivity index (χ2n) is 4.48. The van der Waals surface area contributed by atoms with Crippen molar-refractivity contribution >= 4 is 35.8 Å². The van der Waals surface area contributed by atoms with Gasteiger partial charge < -0.3 is 10.4 Å². The number of carboxylic acid groups (broad SMARTS) is 1. The van der Waals surface area contributed by atoms with E-state index in [9.17, 15) is 19.2 Å². The van der Waals surface area contributed by atoms with Gasteiger partial charge >= 0.3 is 5.97 Å². The summed E-state index contributed by atoms with van der Waals surface area (Å²) in [5.41, 5.74) is 1.12. The molecule has 0 atom stereocenters. The van der Waals surface area contributed by atoms with Gasteiger partial charge in [-0.3, -0.25) is 24.1 Å². The Kier molecular flexibility index (Phi) is 7.19. The lowest BCUT2D eigenvalue weighted by atomic mass is 10.1. The van der Waals surface area contributed by atoms with Gasteiger partial charge in [0.15, 0.2) is 0 Å². The fourth-order valence-corrected chi connectivity index (χ4v) is 1.77. The Morgan fingerprint density at radius 2 is 2.00 bits per heavy atom. The van der Waals surface area contributed by atoms with E-state index < -0.39 is 24.3 Å². The third-order valence-corrected chi connectivity index (χ3v) is 2.89. The Balaban J connectivity index is 2.90. The highest BCUT2D eigenvalue weighted by molar-refractivity contribution is 6.04. The molecule has 0 aliphatic rings. The topological polar surface area (TPSA) is 104 Å². The van der Waals surface area contributed by atoms with Crippen LogP contribution in [0.1, 0.15) is 18.9 Å². The molecule has 7 nitrogen and oxygen atoms in total. The van der Waals surface area contributed by atoms with Crippen LogP contribution in [-0.4, -0.2) is 47.2 Å². The molecule has 2 N–H and O–H groups in total. The number of carboxylic acids is 1. The minimum atomic E-state index is -1.01. The lowest BCUT2D eigenvalue weighted by molar-refractivity contribution is -0.141. The summed E-state index contributed by atoms with van der Waals surface area (Å²) < 4.78 is 0. The van der Waals surface area contributed by atoms with Crippen LogP contribution in [0.5, 0.6) is 0 Å². The van der Waals surface area contributed by atoms with Gasteiger partial charge in [-0.05, 0) is 17.7 Å². The molecule has 0 fully saturated rings. The normalized spacial score (nSPS) is 10.3. The molecule has 121 valence electrons. The summed E-state index contributed by atoms with van der Waals surface area (Å²) in [6.45, 7) is 0.899. The molecule has 2 amide bonds. The van der Waals surface area contributed by atoms with Gasteiger partial charge in [0, 0.05) is 18.2 Å². The van der Waals surface area contributed by atoms with Crippen LogP contribution in [0, 0.1) is 0 Å². The fraction of sp³-hybridized carbons (Fsp3) is 0.250. The van der Waals surface area contributed by atoms with E-state index in [0.717, 1.165) is 11.0 Å². The van der Waals surface area contributed by atoms with Crippen LogP contribution in [-0.2, 0) is 19.2 Å². The molecule has 0 aromatic heterocycles. The van der Waals surface area contributed by atoms with Crippen LogP contribution in [0.15, 0.2) is 30.3 Å². The van der Waals surface area contributed by atoms with Crippen LogP contribution in [0.4, 0.5) is 5.69 Å². The first-order valence-corrected chi connectivity index (χ1v) is 6.91. The summed E-state index contributed by atoms with van der Waals surface area (Å²) in [4.78, 5) is 45.5. The number of imide groups is 1. The number of nitrogens with one attached hydrogen (secondary N) is 1. The molecule has 0 saturated carbocycles. The molecule has 7 heteroatoms. The van der Waals surface area contributed by atoms with Crippen molar-refractivity contribution in [1.82, 2.24) is 4.90 Å². The quantitative estimate of drug-likeness (QED) is 0.695. The van der Waals surface area contributed by atoms with Crippen molar-refractivity contribution in [3.63, 3.8) is 0 Å². The molecular formula is C16H17N2O5. The number of para-hydroxylation sites is 1. The second kappa shape index (κ2) is 9.14. The van der Waals surface area contributed by atoms with Gasteiger partial charge in [0.25, 0.3) is 5.91 Å². The van der Waals surface area contributed by atoms with Crippen molar-refractivity contribution in [3.05, 3.63) is 35.9 Å². The lowest BCUT2D eigenvalue weighted by Crippen LogP contribution is -2.36. The highest BCUT2D eigenvalue weighted by Crippen LogP contribution is 2.16. The molecule has 0 heterocycles. The van der Waals surface area contributed by atoms with Gasteiger partial charge in [-0.25, -0.2) is 0 Å². The van der Waals surface area contributed by atoms with Gasteiger partial charge in [-0.2, -0.15) is 0 Å². The summed E-state index contributed by atoms with van der Waals surface area (Å²) in [6.07, 6.45) is 4.23. The van der Waals surface area contributed by atoms with E-state index in [1.54, 1.807) is 31.2 Å². The minimum Gasteiger partial charge on any atom is -0.480 e. The molecule has 1 radical (unpaired) electrons. The largest absolute Gasteiger partial charge is 0.480 e. The van der Waals surface area contributed by atoms with Crippen LogP contribution >= 0.6 is 0 Å². The molecule has 0 bridgehead atoms. The van der Waals surface area contributed by atoms with Crippen molar-refractivity contribution < 1.29 is 24.3 Å². The monoisotopic (exact) mass is 317 g/mol. The van der Waals surface area contributed by atoms with Gasteiger partial charge in [-0.1, -0.05) is 25.1 Å². The predicted molar refractivity (Wildman–Crippen MR) is 84.3 cm³/mol. The molecule has 0 aliphatic carbocycles. The molecule has 0 saturated heterocycles. The minimum absolute atomic E-state index is 0.0953. The van der Waals surface area contributed by atoms with E-state index in [1.807, 2.05) is 0 Å². The number of rotatable bonds is 8. The number of hydrogen-bond acceptors (Lipinski definition) is 5. The number of hydrogen-bond donors (Lipinski definition) is 2. The fourth-order valence-electron chi connectivity index (χ4n) is 1.77. The average molecular weight is 317 g/mol. The molecule has 0 spiro atoms. The number of carbonyl (C=O) groups excluding carboxylic acids is 3. The Morgan fingerprint density at radius 3 is 2.61 bits per heavy atom. The Bertz CT molecular complexity index is 625. The molecule has 23 heavy (non-hydrogen) atoms. The predicted octanol–water partition coefficient (Wildman–Crippen LogP) is 1.07. The van der Waals surface area contributed by atoms with Crippen LogP contribution in [0.2, 0.25) is 0 Å². The number of benzene rings is 1. The zero-order chi connectivity index (χ0) is 17.2. The van der Waals surface area contributed by atoms with Crippen molar-refractivity contribution in [1.29, 1.82) is 0 Å². The molecule has 1 rings (SSSR count). The third kappa shape index (κ3) is 5.74. The van der Waals surface area contributed by atoms with E-state index in [4.69, 9.17) is 5.11 Å². The number of aliphatic carboxylic acids is 1. The maximum Gasteiger partial charge on any atom is 0.322 e. The van der Waals surface area contributed by atoms with Gasteiger partial charge in [0.05, 0.1) is 6.54 Å². The molecule has 1 aromatic carbocycles. The zero-order valence-corrected chi connectivity index (χ0v) is 12.6. The zero-order valence-electron chi connectivity index (χ0n) is 12.6. The first-order chi connectivity index (χ1) is 11.0. The number of anilines is 1. The van der Waals surface area contributed by atoms with Gasteiger partial charge in [0.1, 0.15) is 6.54 Å². The van der Waals surface area contributed by atoms with E-state index in [-0.39, 0.29) is 13.0 Å². The van der Waals surface area contributed by atoms with Gasteiger partial charge in [-0.15, -0.1) is 0 Å². The Labute approximate surface area is 133 Å². The number of carbonyl (C=O) groups is 3. The summed E-state index contributed by atoms with van der Waals surface area (Å²) in [7, 11) is 0. The summed E-state index contributed by atoms with van der Waals surface area (Å²) >= 11 is 0. The van der Waals surface area contributed by atoms with Crippen molar-refractivity contribution in [2.24, 2.45) is 0 Å². The molecule has 0 aliphatic heterocycles. The Morgan fingerprint density at radius 1 is 1.30 bits per heavy atom. The van der Waals surface area contributed by atoms with Crippen molar-refractivity contribution in [2.45, 2.75) is 13.3 Å². The summed E-state index contributed by atoms with van der Waals surface area (Å²) in [5.74, 6) is -2.12. The number of nitrogens with zero attached hydrogens (tertiary/aromatic N) is 1. The Hall–Kier alpha value is -2.96. The van der Waals surface area contributed by atoms with E-state index in [0.29, 0.717) is 11.3 Å². The van der Waals surface area contributed by atoms with E-state index in [1.165, 1.54) is 12.4 Å². The van der Waals surface area contributed by atoms with E-state index >= 15 is 0 Å². The number of amides is 2. The van der Waals surface area contributed by atoms with Crippen LogP contribution in [0.3, 0.4) is 0 Å². The van der Waals surface area contributed by atoms with Crippen molar-refractivity contribution in [2.75, 3.05) is 18.4 Å². The van der Waals surface area contributed by atoms with E-state index in [2.05, 4.69) is 5.32 Å². The van der Waals surface area contributed by atoms with Gasteiger partial charge in [0.2, 0.25) is 12.2 Å². The maximum atomic E-state index is 12.0. The van der Waals surface area contributed by atoms with Crippen molar-refractivity contribution in [3.8, 4) is 0 Å². The summed E-state index contributed by atoms with van der Waals surface area (Å²) in [6, 6.07) is 6.80. The maximum absolute atomic E-state index is 12.0. The van der Waals surface area contributed by atoms with Crippen LogP contribution < -0.4 is 5.32 Å². The first-order valence-electron chi connectivity index (χ1n) is 6.91. The lowest BCUT2D eigenvalue weighted by Gasteiger charge is -2.14. The van der Waals surface area contributed by atoms with Crippen LogP contribution in [0.25, 0.3) is 6.08 Å². The summed E-state index contributed by atoms with van der Waals surface area (Å²) in [5, 5.41) is 11.4. The molecule has 1 aromatic rings. The highest BCUT2D eigenvalue weighted by atomic mass is 16.4. The highest BCUT2D eigenvalue weighted by Gasteiger charge is 2.17. The first kappa shape index (κ1) is 18.1. The molecular weight excluding hydrogens is 300 g/mol. The second-order valence-corrected chi connectivity index (χ2v) is 4.48. The smallest absolute Gasteiger partial charge is 0.322 e. The average Bonchev–Trinajstić information content (AvgIpc) is 2.55. The standard InChI is InChI=1S/C16H17N2O5/c1-2-14(20)18(9-10-19)15(21)8-7-12-5-3-4-6-13(12)17-11-16(22)23/h3-8,17H,2,9,11H2,1H3,(H,22,23)/b8-7+. The molecule has 0 unspecified atom stereocenters. The SMILES string of the molecule is CCC(=O)N(C[C]=O)C(=O)/C=C/c1ccccc1NCC(=O)O. The third-order valence-electron chi connectivity index (χ3n) is 2.89.